The van der Waals surface area contributed by atoms with E-state index in [-0.39, 0.29) is 6.61 Å². The van der Waals surface area contributed by atoms with Crippen molar-refractivity contribution in [3.8, 4) is 0 Å². The third-order valence-corrected chi connectivity index (χ3v) is 3.63. The van der Waals surface area contributed by atoms with Gasteiger partial charge in [0.15, 0.2) is 0 Å². The minimum atomic E-state index is 0.252. The van der Waals surface area contributed by atoms with Crippen LogP contribution in [0, 0.1) is 6.92 Å². The lowest BCUT2D eigenvalue weighted by Gasteiger charge is -2.29. The number of β-amino-alcohol motifs (C(OH)–C–C–N with tert-alkyl or cyclic N) is 1. The Labute approximate surface area is 99.0 Å². The van der Waals surface area contributed by atoms with Crippen LogP contribution in [0.5, 0.6) is 0 Å². The van der Waals surface area contributed by atoms with Gasteiger partial charge < -0.3 is 5.11 Å². The van der Waals surface area contributed by atoms with E-state index in [1.165, 1.54) is 21.2 Å². The molecule has 0 saturated carbocycles. The molecule has 1 aliphatic heterocycles. The molecule has 1 aromatic rings. The summed E-state index contributed by atoms with van der Waals surface area (Å²) < 4.78 is 1.24. The molecular weight excluding hydrogens is 254 g/mol. The van der Waals surface area contributed by atoms with Crippen molar-refractivity contribution in [3.63, 3.8) is 0 Å². The fourth-order valence-corrected chi connectivity index (χ4v) is 3.00. The number of rotatable bonds is 2. The first-order valence-corrected chi connectivity index (χ1v) is 6.11. The molecule has 82 valence electrons. The van der Waals surface area contributed by atoms with Crippen LogP contribution in [-0.4, -0.2) is 29.7 Å². The zero-order valence-corrected chi connectivity index (χ0v) is 10.5. The number of halogens is 1. The Kier molecular flexibility index (Phi) is 3.44. The zero-order chi connectivity index (χ0) is 10.8. The van der Waals surface area contributed by atoms with Gasteiger partial charge in [0.1, 0.15) is 0 Å². The lowest BCUT2D eigenvalue weighted by atomic mass is 9.98. The van der Waals surface area contributed by atoms with Crippen LogP contribution in [0.1, 0.15) is 16.7 Å². The topological polar surface area (TPSA) is 23.5 Å². The molecule has 1 aromatic carbocycles. The van der Waals surface area contributed by atoms with E-state index in [0.717, 1.165) is 26.1 Å². The molecule has 1 N–H and O–H groups in total. The lowest BCUT2D eigenvalue weighted by molar-refractivity contribution is 0.184. The number of nitrogens with zero attached hydrogens (tertiary/aromatic N) is 1. The molecule has 0 bridgehead atoms. The number of benzene rings is 1. The van der Waals surface area contributed by atoms with Gasteiger partial charge in [-0.15, -0.1) is 0 Å². The van der Waals surface area contributed by atoms with Crippen LogP contribution in [0.25, 0.3) is 0 Å². The molecule has 0 spiro atoms. The fourth-order valence-electron chi connectivity index (χ4n) is 2.19. The van der Waals surface area contributed by atoms with Crippen LogP contribution in [0.4, 0.5) is 0 Å². The highest BCUT2D eigenvalue weighted by Gasteiger charge is 2.17. The molecule has 0 atom stereocenters. The first-order chi connectivity index (χ1) is 7.20. The number of aliphatic hydroxyl groups is 1. The van der Waals surface area contributed by atoms with Crippen molar-refractivity contribution in [2.75, 3.05) is 19.7 Å². The Balaban J connectivity index is 2.25. The van der Waals surface area contributed by atoms with Crippen LogP contribution < -0.4 is 0 Å². The van der Waals surface area contributed by atoms with Gasteiger partial charge in [-0.25, -0.2) is 0 Å². The van der Waals surface area contributed by atoms with Crippen LogP contribution in [0.2, 0.25) is 0 Å². The lowest BCUT2D eigenvalue weighted by Crippen LogP contribution is -2.33. The monoisotopic (exact) mass is 269 g/mol. The third-order valence-electron chi connectivity index (χ3n) is 2.92. The van der Waals surface area contributed by atoms with Crippen LogP contribution in [0.15, 0.2) is 16.6 Å². The molecule has 2 rings (SSSR count). The molecule has 0 fully saturated rings. The molecule has 15 heavy (non-hydrogen) atoms. The summed E-state index contributed by atoms with van der Waals surface area (Å²) in [5.74, 6) is 0. The van der Waals surface area contributed by atoms with Gasteiger partial charge in [-0.3, -0.25) is 4.90 Å². The number of hydrogen-bond donors (Lipinski definition) is 1. The van der Waals surface area contributed by atoms with Crippen LogP contribution >= 0.6 is 15.9 Å². The smallest absolute Gasteiger partial charge is 0.0558 e. The number of hydrogen-bond acceptors (Lipinski definition) is 2. The quantitative estimate of drug-likeness (QED) is 0.889. The molecule has 0 saturated heterocycles. The minimum Gasteiger partial charge on any atom is -0.395 e. The molecule has 2 nitrogen and oxygen atoms in total. The van der Waals surface area contributed by atoms with E-state index < -0.39 is 0 Å². The molecule has 1 aliphatic rings. The maximum Gasteiger partial charge on any atom is 0.0558 e. The Morgan fingerprint density at radius 1 is 1.47 bits per heavy atom. The van der Waals surface area contributed by atoms with Crippen molar-refractivity contribution in [1.29, 1.82) is 0 Å². The number of aryl methyl sites for hydroxylation is 1. The van der Waals surface area contributed by atoms with E-state index in [9.17, 15) is 0 Å². The highest BCUT2D eigenvalue weighted by atomic mass is 79.9. The van der Waals surface area contributed by atoms with Gasteiger partial charge in [-0.1, -0.05) is 22.0 Å². The standard InChI is InChI=1S/C12H16BrNO/c1-9-6-10-8-14(4-5-15)3-2-11(10)12(13)7-9/h6-7,15H,2-5,8H2,1H3. The normalized spacial score (nSPS) is 16.5. The van der Waals surface area contributed by atoms with Crippen molar-refractivity contribution in [1.82, 2.24) is 4.90 Å². The molecule has 0 aromatic heterocycles. The summed E-state index contributed by atoms with van der Waals surface area (Å²) in [6.45, 7) is 5.18. The number of fused-ring (bicyclic) bond motifs is 1. The van der Waals surface area contributed by atoms with Crippen molar-refractivity contribution < 1.29 is 5.11 Å². The second kappa shape index (κ2) is 4.64. The largest absolute Gasteiger partial charge is 0.395 e. The summed E-state index contributed by atoms with van der Waals surface area (Å²) in [5, 5.41) is 8.92. The van der Waals surface area contributed by atoms with E-state index in [0.29, 0.717) is 0 Å². The molecule has 3 heteroatoms. The van der Waals surface area contributed by atoms with E-state index in [1.807, 2.05) is 0 Å². The van der Waals surface area contributed by atoms with Gasteiger partial charge in [0, 0.05) is 24.1 Å². The van der Waals surface area contributed by atoms with Gasteiger partial charge in [0.05, 0.1) is 6.61 Å². The molecular formula is C12H16BrNO. The first kappa shape index (κ1) is 11.1. The minimum absolute atomic E-state index is 0.252. The van der Waals surface area contributed by atoms with E-state index in [1.54, 1.807) is 0 Å². The zero-order valence-electron chi connectivity index (χ0n) is 8.96. The molecule has 0 amide bonds. The van der Waals surface area contributed by atoms with E-state index >= 15 is 0 Å². The predicted octanol–water partition coefficient (Wildman–Crippen LogP) is 2.11. The third kappa shape index (κ3) is 2.41. The first-order valence-electron chi connectivity index (χ1n) is 5.32. The average molecular weight is 270 g/mol. The summed E-state index contributed by atoms with van der Waals surface area (Å²) in [7, 11) is 0. The van der Waals surface area contributed by atoms with Crippen LogP contribution in [0.3, 0.4) is 0 Å². The Morgan fingerprint density at radius 3 is 3.00 bits per heavy atom. The average Bonchev–Trinajstić information content (AvgIpc) is 2.17. The molecule has 0 aliphatic carbocycles. The summed E-state index contributed by atoms with van der Waals surface area (Å²) in [4.78, 5) is 2.30. The molecule has 0 radical (unpaired) electrons. The SMILES string of the molecule is Cc1cc(Br)c2c(c1)CN(CCO)CC2. The highest BCUT2D eigenvalue weighted by molar-refractivity contribution is 9.10. The van der Waals surface area contributed by atoms with Gasteiger partial charge in [-0.05, 0) is 36.1 Å². The van der Waals surface area contributed by atoms with E-state index in [4.69, 9.17) is 5.11 Å². The summed E-state index contributed by atoms with van der Waals surface area (Å²) in [6.07, 6.45) is 1.08. The van der Waals surface area contributed by atoms with Crippen molar-refractivity contribution in [3.05, 3.63) is 33.3 Å². The summed E-state index contributed by atoms with van der Waals surface area (Å²) in [5.41, 5.74) is 4.14. The maximum atomic E-state index is 8.92. The molecule has 0 unspecified atom stereocenters. The second-order valence-electron chi connectivity index (χ2n) is 4.13. The predicted molar refractivity (Wildman–Crippen MR) is 64.9 cm³/mol. The van der Waals surface area contributed by atoms with Gasteiger partial charge in [0.2, 0.25) is 0 Å². The summed E-state index contributed by atoms with van der Waals surface area (Å²) in [6, 6.07) is 4.43. The molecule has 1 heterocycles. The van der Waals surface area contributed by atoms with Crippen LogP contribution in [-0.2, 0) is 13.0 Å². The second-order valence-corrected chi connectivity index (χ2v) is 4.99. The van der Waals surface area contributed by atoms with Gasteiger partial charge >= 0.3 is 0 Å². The Bertz CT molecular complexity index is 365. The Morgan fingerprint density at radius 2 is 2.27 bits per heavy atom. The summed E-state index contributed by atoms with van der Waals surface area (Å²) >= 11 is 3.62. The Hall–Kier alpha value is -0.380. The van der Waals surface area contributed by atoms with E-state index in [2.05, 4.69) is 39.9 Å². The maximum absolute atomic E-state index is 8.92. The van der Waals surface area contributed by atoms with Crippen molar-refractivity contribution in [2.24, 2.45) is 0 Å². The fraction of sp³-hybridized carbons (Fsp3) is 0.500. The van der Waals surface area contributed by atoms with Crippen molar-refractivity contribution >= 4 is 15.9 Å². The van der Waals surface area contributed by atoms with Crippen molar-refractivity contribution in [2.45, 2.75) is 19.9 Å². The highest BCUT2D eigenvalue weighted by Crippen LogP contribution is 2.27. The van der Waals surface area contributed by atoms with Gasteiger partial charge in [-0.2, -0.15) is 0 Å². The number of aliphatic hydroxyl groups excluding tert-OH is 1. The van der Waals surface area contributed by atoms with Gasteiger partial charge in [0.25, 0.3) is 0 Å².